The zero-order chi connectivity index (χ0) is 37.0. The van der Waals surface area contributed by atoms with Crippen LogP contribution < -0.4 is 0 Å². The molecular formula is C30H90Si14. The van der Waals surface area contributed by atoms with E-state index in [0.717, 1.165) is 0 Å². The van der Waals surface area contributed by atoms with Crippen LogP contribution >= 0.6 is 0 Å². The van der Waals surface area contributed by atoms with Gasteiger partial charge in [0.1, 0.15) is 0 Å². The Hall–Kier alpha value is 3.04. The number of hydrogen-bond donors (Lipinski definition) is 0. The molecule has 0 nitrogen and oxygen atoms in total. The molecule has 0 spiro atoms. The Morgan fingerprint density at radius 2 is 0.182 bits per heavy atom. The highest BCUT2D eigenvalue weighted by Gasteiger charge is 2.74. The average molecular weight is 844 g/mol. The predicted molar refractivity (Wildman–Crippen MR) is 256 cm³/mol. The Balaban J connectivity index is 7.52. The molecule has 0 aromatic carbocycles. The van der Waals surface area contributed by atoms with Crippen molar-refractivity contribution in [2.45, 2.75) is 196 Å². The lowest BCUT2D eigenvalue weighted by atomic mass is 11.8. The van der Waals surface area contributed by atoms with E-state index < -0.39 is 100 Å². The van der Waals surface area contributed by atoms with E-state index in [-0.39, 0.29) is 0 Å². The third-order valence-electron chi connectivity index (χ3n) is 20.9. The second-order valence-corrected chi connectivity index (χ2v) is 189. The van der Waals surface area contributed by atoms with Gasteiger partial charge in [-0.2, -0.15) is 0 Å². The monoisotopic (exact) mass is 842 g/mol. The number of hydrogen-bond acceptors (Lipinski definition) is 0. The molecule has 14 heteroatoms. The molecule has 0 fully saturated rings. The van der Waals surface area contributed by atoms with Crippen LogP contribution in [0.15, 0.2) is 0 Å². The van der Waals surface area contributed by atoms with Gasteiger partial charge in [-0.1, -0.05) is 196 Å². The van der Waals surface area contributed by atoms with Crippen LogP contribution in [0.2, 0.25) is 196 Å². The van der Waals surface area contributed by atoms with Crippen LogP contribution in [-0.2, 0) is 0 Å². The summed E-state index contributed by atoms with van der Waals surface area (Å²) in [6.45, 7) is 88.8. The molecule has 0 amide bonds. The van der Waals surface area contributed by atoms with Gasteiger partial charge in [-0.05, 0) is 0 Å². The van der Waals surface area contributed by atoms with Crippen LogP contribution in [-0.4, -0.2) is 100 Å². The summed E-state index contributed by atoms with van der Waals surface area (Å²) in [5.74, 6) is 0. The van der Waals surface area contributed by atoms with E-state index >= 15 is 0 Å². The van der Waals surface area contributed by atoms with Crippen molar-refractivity contribution < 1.29 is 0 Å². The summed E-state index contributed by atoms with van der Waals surface area (Å²) >= 11 is 0. The second-order valence-electron chi connectivity index (χ2n) is 24.0. The summed E-state index contributed by atoms with van der Waals surface area (Å²) in [6.07, 6.45) is 0. The van der Waals surface area contributed by atoms with E-state index in [1.165, 1.54) is 0 Å². The first kappa shape index (κ1) is 47.0. The highest BCUT2D eigenvalue weighted by atomic mass is 30.2. The van der Waals surface area contributed by atoms with Gasteiger partial charge in [0.25, 0.3) is 0 Å². The summed E-state index contributed by atoms with van der Waals surface area (Å²) in [7, 11) is -19.0. The SMILES string of the molecule is C[Si](C)(C)[Si](C)(C)[Si](C)(C)[Si](C)(C)[Si](C)(C)[Si](C)(C)[Si](C)(C)[Si](C)(C)[Si](C)(C)[Si](C)(C)[Si](C)(C)[Si](C)(C)[Si](C)(C)[Si](C)(C)C. The van der Waals surface area contributed by atoms with Crippen LogP contribution in [0, 0.1) is 0 Å². The molecule has 266 valence electrons. The molecule has 0 aliphatic carbocycles. The third-order valence-corrected chi connectivity index (χ3v) is 350. The van der Waals surface area contributed by atoms with E-state index in [1.54, 1.807) is 0 Å². The first-order chi connectivity index (χ1) is 18.2. The molecule has 44 heavy (non-hydrogen) atoms. The summed E-state index contributed by atoms with van der Waals surface area (Å²) in [5, 5.41) is 0. The van der Waals surface area contributed by atoms with E-state index in [0.29, 0.717) is 0 Å². The lowest BCUT2D eigenvalue weighted by Crippen LogP contribution is -2.97. The molecular weight excluding hydrogens is 754 g/mol. The number of rotatable bonds is 13. The smallest absolute Gasteiger partial charge is 0.0354 e. The van der Waals surface area contributed by atoms with Gasteiger partial charge >= 0.3 is 0 Å². The third kappa shape index (κ3) is 6.06. The van der Waals surface area contributed by atoms with E-state index in [1.807, 2.05) is 0 Å². The maximum absolute atomic E-state index is 3.07. The van der Waals surface area contributed by atoms with E-state index in [9.17, 15) is 0 Å². The minimum atomic E-state index is -1.48. The van der Waals surface area contributed by atoms with Crippen LogP contribution in [0.1, 0.15) is 0 Å². The Morgan fingerprint density at radius 1 is 0.114 bits per heavy atom. The minimum absolute atomic E-state index is 1.15. The van der Waals surface area contributed by atoms with Crippen LogP contribution in [0.3, 0.4) is 0 Å². The Kier molecular flexibility index (Phi) is 13.2. The molecule has 0 saturated heterocycles. The van der Waals surface area contributed by atoms with Crippen molar-refractivity contribution >= 4 is 100 Å². The minimum Gasteiger partial charge on any atom is -0.0735 e. The van der Waals surface area contributed by atoms with Gasteiger partial charge < -0.3 is 0 Å². The van der Waals surface area contributed by atoms with Crippen molar-refractivity contribution in [3.05, 3.63) is 0 Å². The molecule has 0 bridgehead atoms. The highest BCUT2D eigenvalue weighted by Crippen LogP contribution is 2.50. The Labute approximate surface area is 294 Å². The van der Waals surface area contributed by atoms with Crippen LogP contribution in [0.5, 0.6) is 0 Å². The second kappa shape index (κ2) is 12.3. The largest absolute Gasteiger partial charge is 0.0735 e. The maximum Gasteiger partial charge on any atom is 0.0354 e. The van der Waals surface area contributed by atoms with Crippen molar-refractivity contribution in [3.8, 4) is 0 Å². The fourth-order valence-corrected chi connectivity index (χ4v) is 484. The summed E-state index contributed by atoms with van der Waals surface area (Å²) < 4.78 is 0. The molecule has 0 radical (unpaired) electrons. The summed E-state index contributed by atoms with van der Waals surface area (Å²) in [6, 6.07) is 0. The van der Waals surface area contributed by atoms with Gasteiger partial charge in [0, 0.05) is 100 Å². The maximum atomic E-state index is 3.07. The van der Waals surface area contributed by atoms with Gasteiger partial charge in [-0.25, -0.2) is 0 Å². The molecule has 0 unspecified atom stereocenters. The summed E-state index contributed by atoms with van der Waals surface area (Å²) in [5.41, 5.74) is 0. The summed E-state index contributed by atoms with van der Waals surface area (Å²) in [4.78, 5) is 0. The molecule has 0 aliphatic rings. The molecule has 0 saturated carbocycles. The van der Waals surface area contributed by atoms with Gasteiger partial charge in [0.15, 0.2) is 0 Å². The molecule has 0 aliphatic heterocycles. The molecule has 0 heterocycles. The molecule has 0 aromatic rings. The predicted octanol–water partition coefficient (Wildman–Crippen LogP) is 12.2. The Morgan fingerprint density at radius 3 is 0.250 bits per heavy atom. The van der Waals surface area contributed by atoms with Gasteiger partial charge in [0.2, 0.25) is 0 Å². The quantitative estimate of drug-likeness (QED) is 0.162. The van der Waals surface area contributed by atoms with E-state index in [2.05, 4.69) is 196 Å². The molecule has 0 N–H and O–H groups in total. The molecule has 0 aromatic heterocycles. The van der Waals surface area contributed by atoms with Crippen LogP contribution in [0.4, 0.5) is 0 Å². The van der Waals surface area contributed by atoms with Crippen molar-refractivity contribution in [1.82, 2.24) is 0 Å². The topological polar surface area (TPSA) is 0 Å². The van der Waals surface area contributed by atoms with Gasteiger partial charge in [0.05, 0.1) is 0 Å². The van der Waals surface area contributed by atoms with Gasteiger partial charge in [-0.3, -0.25) is 0 Å². The Bertz CT molecular complexity index is 963. The van der Waals surface area contributed by atoms with Gasteiger partial charge in [-0.15, -0.1) is 0 Å². The van der Waals surface area contributed by atoms with Crippen molar-refractivity contribution in [2.75, 3.05) is 0 Å². The van der Waals surface area contributed by atoms with E-state index in [4.69, 9.17) is 0 Å². The standard InChI is InChI=1S/C30H90Si14/c1-31(2,3)33(7,8)35(11,12)37(15,16)39(19,20)41(23,24)43(27,28)44(29,30)42(25,26)40(21,22)38(17,18)36(13,14)34(9,10)32(4,5)6/h1-30H3. The normalized spacial score (nSPS) is 17.3. The fourth-order valence-electron chi connectivity index (χ4n) is 9.69. The first-order valence-electron chi connectivity index (χ1n) is 18.2. The molecule has 0 atom stereocenters. The van der Waals surface area contributed by atoms with Crippen molar-refractivity contribution in [2.24, 2.45) is 0 Å². The molecule has 0 rings (SSSR count). The lowest BCUT2D eigenvalue weighted by molar-refractivity contribution is 1.71. The van der Waals surface area contributed by atoms with Crippen molar-refractivity contribution in [3.63, 3.8) is 0 Å². The lowest BCUT2D eigenvalue weighted by Gasteiger charge is -2.69. The zero-order valence-electron chi connectivity index (χ0n) is 37.0. The first-order valence-corrected chi connectivity index (χ1v) is 74.2. The zero-order valence-corrected chi connectivity index (χ0v) is 51.0. The van der Waals surface area contributed by atoms with Crippen molar-refractivity contribution in [1.29, 1.82) is 0 Å². The highest BCUT2D eigenvalue weighted by molar-refractivity contribution is 8.10. The van der Waals surface area contributed by atoms with Crippen LogP contribution in [0.25, 0.3) is 0 Å². The fraction of sp³-hybridized carbons (Fsp3) is 1.00. The average Bonchev–Trinajstić information content (AvgIpc) is 2.75.